The topological polar surface area (TPSA) is 60.8 Å². The number of nitrogens with zero attached hydrogens (tertiary/aromatic N) is 1. The molecule has 1 aromatic carbocycles. The van der Waals surface area contributed by atoms with Crippen LogP contribution in [-0.4, -0.2) is 46.8 Å². The fourth-order valence-corrected chi connectivity index (χ4v) is 4.83. The van der Waals surface area contributed by atoms with Gasteiger partial charge in [-0.3, -0.25) is 4.79 Å². The van der Waals surface area contributed by atoms with E-state index in [2.05, 4.69) is 18.0 Å². The van der Waals surface area contributed by atoms with Crippen LogP contribution in [0, 0.1) is 0 Å². The van der Waals surface area contributed by atoms with Crippen molar-refractivity contribution in [1.82, 2.24) is 4.90 Å². The third-order valence-corrected chi connectivity index (χ3v) is 6.70. The van der Waals surface area contributed by atoms with Crippen molar-refractivity contribution in [1.29, 1.82) is 0 Å². The Bertz CT molecular complexity index is 615. The second kappa shape index (κ2) is 7.08. The maximum atomic E-state index is 12.4. The van der Waals surface area contributed by atoms with Crippen molar-refractivity contribution < 1.29 is 15.0 Å². The number of benzene rings is 1. The number of likely N-dealkylation sites (tertiary alicyclic amines) is 1. The van der Waals surface area contributed by atoms with Crippen molar-refractivity contribution in [2.45, 2.75) is 68.8 Å². The second-order valence-electron chi connectivity index (χ2n) is 8.19. The summed E-state index contributed by atoms with van der Waals surface area (Å²) in [5.74, 6) is -0.532. The number of piperidine rings is 1. The van der Waals surface area contributed by atoms with Gasteiger partial charge in [-0.05, 0) is 69.8 Å². The van der Waals surface area contributed by atoms with Gasteiger partial charge >= 0.3 is 5.97 Å². The van der Waals surface area contributed by atoms with E-state index in [9.17, 15) is 15.0 Å². The monoisotopic (exact) mass is 345 g/mol. The van der Waals surface area contributed by atoms with E-state index in [0.717, 1.165) is 56.3 Å². The van der Waals surface area contributed by atoms with Gasteiger partial charge < -0.3 is 15.1 Å². The molecular weight excluding hydrogens is 314 g/mol. The Morgan fingerprint density at radius 3 is 2.36 bits per heavy atom. The van der Waals surface area contributed by atoms with E-state index in [0.29, 0.717) is 18.8 Å². The predicted octanol–water partition coefficient (Wildman–Crippen LogP) is 3.53. The summed E-state index contributed by atoms with van der Waals surface area (Å²) in [5.41, 5.74) is -0.479. The van der Waals surface area contributed by atoms with Gasteiger partial charge in [0.05, 0.1) is 5.60 Å². The summed E-state index contributed by atoms with van der Waals surface area (Å²) in [5, 5.41) is 21.6. The summed E-state index contributed by atoms with van der Waals surface area (Å²) in [7, 11) is 2.13. The fourth-order valence-electron chi connectivity index (χ4n) is 4.83. The summed E-state index contributed by atoms with van der Waals surface area (Å²) < 4.78 is 0. The van der Waals surface area contributed by atoms with Crippen LogP contribution < -0.4 is 0 Å². The Hall–Kier alpha value is -1.39. The molecular formula is C21H31NO3. The Labute approximate surface area is 150 Å². The highest BCUT2D eigenvalue weighted by atomic mass is 16.4. The molecule has 2 fully saturated rings. The van der Waals surface area contributed by atoms with Gasteiger partial charge in [0.2, 0.25) is 0 Å². The highest BCUT2D eigenvalue weighted by Crippen LogP contribution is 2.47. The molecule has 1 aliphatic heterocycles. The highest BCUT2D eigenvalue weighted by Gasteiger charge is 2.54. The fraction of sp³-hybridized carbons (Fsp3) is 0.667. The second-order valence-corrected chi connectivity index (χ2v) is 8.19. The average molecular weight is 345 g/mol. The number of hydrogen-bond donors (Lipinski definition) is 2. The van der Waals surface area contributed by atoms with Crippen molar-refractivity contribution in [2.24, 2.45) is 0 Å². The zero-order chi connectivity index (χ0) is 18.1. The van der Waals surface area contributed by atoms with E-state index in [1.165, 1.54) is 0 Å². The lowest BCUT2D eigenvalue weighted by atomic mass is 9.61. The van der Waals surface area contributed by atoms with Crippen LogP contribution in [0.25, 0.3) is 0 Å². The van der Waals surface area contributed by atoms with Crippen molar-refractivity contribution in [3.63, 3.8) is 0 Å². The molecule has 138 valence electrons. The number of aliphatic hydroxyl groups is 1. The molecule has 4 heteroatoms. The van der Waals surface area contributed by atoms with Gasteiger partial charge in [-0.1, -0.05) is 43.5 Å². The maximum absolute atomic E-state index is 12.4. The van der Waals surface area contributed by atoms with E-state index >= 15 is 0 Å². The van der Waals surface area contributed by atoms with Crippen molar-refractivity contribution >= 4 is 5.97 Å². The maximum Gasteiger partial charge on any atom is 0.316 e. The summed E-state index contributed by atoms with van der Waals surface area (Å²) in [4.78, 5) is 14.8. The number of carboxylic acids is 1. The van der Waals surface area contributed by atoms with Gasteiger partial charge in [0.25, 0.3) is 0 Å². The minimum atomic E-state index is -1.26. The predicted molar refractivity (Wildman–Crippen MR) is 98.9 cm³/mol. The molecule has 25 heavy (non-hydrogen) atoms. The SMILES string of the molecule is CN1CCC(c2ccccc2C(C)(C(=O)O)C2(O)CCCCC2)CC1. The van der Waals surface area contributed by atoms with Crippen LogP contribution >= 0.6 is 0 Å². The summed E-state index contributed by atoms with van der Waals surface area (Å²) >= 11 is 0. The molecule has 1 aromatic rings. The average Bonchev–Trinajstić information content (AvgIpc) is 2.62. The third kappa shape index (κ3) is 3.22. The lowest BCUT2D eigenvalue weighted by Gasteiger charge is -2.46. The quantitative estimate of drug-likeness (QED) is 0.876. The molecule has 0 radical (unpaired) electrons. The number of rotatable bonds is 4. The molecule has 1 atom stereocenters. The number of carboxylic acid groups (broad SMARTS) is 1. The van der Waals surface area contributed by atoms with Crippen LogP contribution in [0.5, 0.6) is 0 Å². The van der Waals surface area contributed by atoms with Crippen LogP contribution in [0.4, 0.5) is 0 Å². The van der Waals surface area contributed by atoms with E-state index in [1.807, 2.05) is 18.2 Å². The standard InChI is InChI=1S/C21H31NO3/c1-20(19(23)24,21(25)12-6-3-7-13-21)18-9-5-4-8-17(18)16-10-14-22(2)15-11-16/h4-5,8-9,16,25H,3,6-7,10-15H2,1-2H3,(H,23,24). The highest BCUT2D eigenvalue weighted by molar-refractivity contribution is 5.83. The van der Waals surface area contributed by atoms with Crippen LogP contribution in [0.1, 0.15) is 68.9 Å². The minimum Gasteiger partial charge on any atom is -0.481 e. The molecule has 1 unspecified atom stereocenters. The van der Waals surface area contributed by atoms with Gasteiger partial charge in [-0.25, -0.2) is 0 Å². The van der Waals surface area contributed by atoms with Crippen LogP contribution in [0.3, 0.4) is 0 Å². The van der Waals surface area contributed by atoms with Gasteiger partial charge in [0.15, 0.2) is 0 Å². The Kier molecular flexibility index (Phi) is 5.21. The van der Waals surface area contributed by atoms with E-state index < -0.39 is 17.0 Å². The number of hydrogen-bond acceptors (Lipinski definition) is 3. The lowest BCUT2D eigenvalue weighted by Crippen LogP contribution is -2.56. The largest absolute Gasteiger partial charge is 0.481 e. The zero-order valence-electron chi connectivity index (χ0n) is 15.5. The summed E-state index contributed by atoms with van der Waals surface area (Å²) in [6.45, 7) is 3.81. The third-order valence-electron chi connectivity index (χ3n) is 6.70. The molecule has 0 bridgehead atoms. The first-order valence-electron chi connectivity index (χ1n) is 9.62. The molecule has 2 aliphatic rings. The van der Waals surface area contributed by atoms with Gasteiger partial charge in [-0.2, -0.15) is 0 Å². The molecule has 1 aliphatic carbocycles. The van der Waals surface area contributed by atoms with Crippen molar-refractivity contribution in [2.75, 3.05) is 20.1 Å². The van der Waals surface area contributed by atoms with E-state index in [-0.39, 0.29) is 0 Å². The summed E-state index contributed by atoms with van der Waals surface area (Å²) in [6, 6.07) is 7.94. The normalized spacial score (nSPS) is 24.6. The zero-order valence-corrected chi connectivity index (χ0v) is 15.5. The minimum absolute atomic E-state index is 0.373. The number of aliphatic carboxylic acids is 1. The van der Waals surface area contributed by atoms with Gasteiger partial charge in [-0.15, -0.1) is 0 Å². The molecule has 1 heterocycles. The first kappa shape index (κ1) is 18.4. The van der Waals surface area contributed by atoms with Crippen LogP contribution in [0.2, 0.25) is 0 Å². The molecule has 0 spiro atoms. The Balaban J connectivity index is 2.04. The van der Waals surface area contributed by atoms with E-state index in [1.54, 1.807) is 6.92 Å². The van der Waals surface area contributed by atoms with Gasteiger partial charge in [0.1, 0.15) is 5.41 Å². The molecule has 2 N–H and O–H groups in total. The van der Waals surface area contributed by atoms with Crippen molar-refractivity contribution in [3.8, 4) is 0 Å². The van der Waals surface area contributed by atoms with Crippen LogP contribution in [-0.2, 0) is 10.2 Å². The summed E-state index contributed by atoms with van der Waals surface area (Å²) in [6.07, 6.45) is 6.10. The lowest BCUT2D eigenvalue weighted by molar-refractivity contribution is -0.158. The molecule has 4 nitrogen and oxygen atoms in total. The smallest absolute Gasteiger partial charge is 0.316 e. The Morgan fingerprint density at radius 1 is 1.16 bits per heavy atom. The van der Waals surface area contributed by atoms with Crippen LogP contribution in [0.15, 0.2) is 24.3 Å². The Morgan fingerprint density at radius 2 is 1.76 bits per heavy atom. The first-order valence-corrected chi connectivity index (χ1v) is 9.62. The molecule has 3 rings (SSSR count). The molecule has 1 saturated heterocycles. The number of carbonyl (C=O) groups is 1. The van der Waals surface area contributed by atoms with Crippen molar-refractivity contribution in [3.05, 3.63) is 35.4 Å². The molecule has 1 saturated carbocycles. The van der Waals surface area contributed by atoms with Gasteiger partial charge in [0, 0.05) is 0 Å². The first-order chi connectivity index (χ1) is 11.9. The molecule has 0 amide bonds. The molecule has 0 aromatic heterocycles. The van der Waals surface area contributed by atoms with E-state index in [4.69, 9.17) is 0 Å².